The summed E-state index contributed by atoms with van der Waals surface area (Å²) >= 11 is 1.58. The zero-order chi connectivity index (χ0) is 19.6. The minimum Gasteiger partial charge on any atom is -0.443 e. The number of benzene rings is 1. The van der Waals surface area contributed by atoms with E-state index in [1.54, 1.807) is 29.7 Å². The van der Waals surface area contributed by atoms with Gasteiger partial charge >= 0.3 is 0 Å². The highest BCUT2D eigenvalue weighted by molar-refractivity contribution is 7.89. The Kier molecular flexibility index (Phi) is 5.28. The molecule has 1 aliphatic heterocycles. The Balaban J connectivity index is 1.40. The SMILES string of the molecule is N#Cc1ccccc1S(=O)(=O)N1CC[NH+](Cc2coc(-c3cccs3)n2)CC1. The van der Waals surface area contributed by atoms with Crippen molar-refractivity contribution in [1.82, 2.24) is 9.29 Å². The fourth-order valence-electron chi connectivity index (χ4n) is 3.30. The summed E-state index contributed by atoms with van der Waals surface area (Å²) in [5, 5.41) is 11.2. The molecule has 0 unspecified atom stereocenters. The molecule has 1 fully saturated rings. The minimum atomic E-state index is -3.66. The summed E-state index contributed by atoms with van der Waals surface area (Å²) in [6.07, 6.45) is 1.67. The quantitative estimate of drug-likeness (QED) is 0.679. The maximum atomic E-state index is 12.9. The lowest BCUT2D eigenvalue weighted by molar-refractivity contribution is -0.917. The minimum absolute atomic E-state index is 0.0815. The molecule has 1 aliphatic rings. The van der Waals surface area contributed by atoms with Crippen molar-refractivity contribution >= 4 is 21.4 Å². The Morgan fingerprint density at radius 3 is 2.71 bits per heavy atom. The fraction of sp³-hybridized carbons (Fsp3) is 0.263. The molecule has 3 aromatic rings. The monoisotopic (exact) mass is 415 g/mol. The number of thiophene rings is 1. The van der Waals surface area contributed by atoms with Gasteiger partial charge in [-0.1, -0.05) is 18.2 Å². The van der Waals surface area contributed by atoms with Gasteiger partial charge < -0.3 is 9.32 Å². The van der Waals surface area contributed by atoms with Crippen LogP contribution in [-0.4, -0.2) is 43.9 Å². The predicted octanol–water partition coefficient (Wildman–Crippen LogP) is 1.36. The molecule has 0 aliphatic carbocycles. The Labute approximate surface area is 167 Å². The Hall–Kier alpha value is -2.51. The molecule has 3 heterocycles. The van der Waals surface area contributed by atoms with E-state index in [-0.39, 0.29) is 10.5 Å². The lowest BCUT2D eigenvalue weighted by atomic mass is 10.2. The van der Waals surface area contributed by atoms with Crippen LogP contribution < -0.4 is 4.90 Å². The van der Waals surface area contributed by atoms with Gasteiger partial charge in [-0.05, 0) is 23.6 Å². The number of oxazole rings is 1. The van der Waals surface area contributed by atoms with Crippen LogP contribution in [0.15, 0.2) is 57.4 Å². The molecule has 28 heavy (non-hydrogen) atoms. The average Bonchev–Trinajstić information content (AvgIpc) is 3.40. The zero-order valence-corrected chi connectivity index (χ0v) is 16.7. The highest BCUT2D eigenvalue weighted by Gasteiger charge is 2.32. The lowest BCUT2D eigenvalue weighted by Crippen LogP contribution is -3.13. The highest BCUT2D eigenvalue weighted by Crippen LogP contribution is 2.23. The van der Waals surface area contributed by atoms with E-state index < -0.39 is 10.0 Å². The van der Waals surface area contributed by atoms with E-state index in [1.807, 2.05) is 23.6 Å². The first kappa shape index (κ1) is 18.8. The number of nitrogens with zero attached hydrogens (tertiary/aromatic N) is 3. The average molecular weight is 416 g/mol. The Morgan fingerprint density at radius 1 is 1.21 bits per heavy atom. The number of sulfonamides is 1. The second-order valence-corrected chi connectivity index (χ2v) is 9.41. The molecule has 1 N–H and O–H groups in total. The number of piperazine rings is 1. The Bertz CT molecular complexity index is 1090. The molecule has 9 heteroatoms. The largest absolute Gasteiger partial charge is 0.443 e. The van der Waals surface area contributed by atoms with Crippen molar-refractivity contribution in [3.8, 4) is 16.8 Å². The molecule has 144 valence electrons. The normalized spacial score (nSPS) is 16.1. The van der Waals surface area contributed by atoms with Crippen molar-refractivity contribution < 1.29 is 17.7 Å². The van der Waals surface area contributed by atoms with Crippen LogP contribution in [0.1, 0.15) is 11.3 Å². The molecule has 0 bridgehead atoms. The number of hydrogen-bond acceptors (Lipinski definition) is 6. The molecular formula is C19H19N4O3S2+. The van der Waals surface area contributed by atoms with Crippen LogP contribution in [0, 0.1) is 11.3 Å². The molecule has 0 spiro atoms. The van der Waals surface area contributed by atoms with Gasteiger partial charge in [0.05, 0.1) is 41.5 Å². The van der Waals surface area contributed by atoms with Crippen LogP contribution in [0.2, 0.25) is 0 Å². The van der Waals surface area contributed by atoms with Gasteiger partial charge in [0.2, 0.25) is 15.9 Å². The van der Waals surface area contributed by atoms with Gasteiger partial charge in [-0.15, -0.1) is 11.3 Å². The van der Waals surface area contributed by atoms with Crippen LogP contribution in [0.25, 0.3) is 10.8 Å². The van der Waals surface area contributed by atoms with Gasteiger partial charge in [0.25, 0.3) is 0 Å². The van der Waals surface area contributed by atoms with Gasteiger partial charge in [0.15, 0.2) is 0 Å². The van der Waals surface area contributed by atoms with Crippen LogP contribution in [-0.2, 0) is 16.6 Å². The number of quaternary nitrogens is 1. The predicted molar refractivity (Wildman–Crippen MR) is 104 cm³/mol. The second kappa shape index (κ2) is 7.85. The number of rotatable bonds is 5. The third kappa shape index (κ3) is 3.72. The summed E-state index contributed by atoms with van der Waals surface area (Å²) in [6, 6.07) is 12.2. The summed E-state index contributed by atoms with van der Waals surface area (Å²) in [5.74, 6) is 0.624. The summed E-state index contributed by atoms with van der Waals surface area (Å²) in [7, 11) is -3.66. The smallest absolute Gasteiger partial charge is 0.244 e. The van der Waals surface area contributed by atoms with Crippen LogP contribution in [0.5, 0.6) is 0 Å². The number of nitriles is 1. The van der Waals surface area contributed by atoms with E-state index in [0.717, 1.165) is 10.6 Å². The number of hydrogen-bond donors (Lipinski definition) is 1. The van der Waals surface area contributed by atoms with E-state index in [9.17, 15) is 13.7 Å². The van der Waals surface area contributed by atoms with Gasteiger partial charge in [0.1, 0.15) is 24.6 Å². The molecule has 0 radical (unpaired) electrons. The summed E-state index contributed by atoms with van der Waals surface area (Å²) in [5.41, 5.74) is 1.05. The second-order valence-electron chi connectivity index (χ2n) is 6.56. The van der Waals surface area contributed by atoms with Crippen LogP contribution in [0.3, 0.4) is 0 Å². The van der Waals surface area contributed by atoms with Gasteiger partial charge in [-0.25, -0.2) is 13.4 Å². The maximum Gasteiger partial charge on any atom is 0.244 e. The van der Waals surface area contributed by atoms with E-state index in [1.165, 1.54) is 21.3 Å². The van der Waals surface area contributed by atoms with Crippen molar-refractivity contribution in [2.24, 2.45) is 0 Å². The molecule has 1 aromatic carbocycles. The van der Waals surface area contributed by atoms with Crippen molar-refractivity contribution in [2.45, 2.75) is 11.4 Å². The molecule has 0 atom stereocenters. The zero-order valence-electron chi connectivity index (χ0n) is 15.0. The Morgan fingerprint density at radius 2 is 2.00 bits per heavy atom. The van der Waals surface area contributed by atoms with Crippen molar-refractivity contribution in [3.05, 3.63) is 59.3 Å². The standard InChI is InChI=1S/C19H18N4O3S2/c20-12-15-4-1-2-6-18(15)28(24,25)23-9-7-22(8-10-23)13-16-14-26-19(21-16)17-5-3-11-27-17/h1-6,11,14H,7-10,13H2/p+1. The van der Waals surface area contributed by atoms with E-state index in [4.69, 9.17) is 4.42 Å². The van der Waals surface area contributed by atoms with Crippen molar-refractivity contribution in [2.75, 3.05) is 26.2 Å². The first-order chi connectivity index (χ1) is 13.6. The summed E-state index contributed by atoms with van der Waals surface area (Å²) < 4.78 is 32.8. The molecule has 0 amide bonds. The van der Waals surface area contributed by atoms with Crippen molar-refractivity contribution in [1.29, 1.82) is 5.26 Å². The molecule has 7 nitrogen and oxygen atoms in total. The van der Waals surface area contributed by atoms with E-state index in [0.29, 0.717) is 38.6 Å². The number of nitrogens with one attached hydrogen (secondary N) is 1. The van der Waals surface area contributed by atoms with Gasteiger partial charge in [-0.2, -0.15) is 9.57 Å². The summed E-state index contributed by atoms with van der Waals surface area (Å²) in [6.45, 7) is 2.86. The van der Waals surface area contributed by atoms with Gasteiger partial charge in [0, 0.05) is 0 Å². The highest BCUT2D eigenvalue weighted by atomic mass is 32.2. The van der Waals surface area contributed by atoms with Crippen molar-refractivity contribution in [3.63, 3.8) is 0 Å². The molecule has 1 saturated heterocycles. The maximum absolute atomic E-state index is 12.9. The third-order valence-corrected chi connectivity index (χ3v) is 7.58. The molecular weight excluding hydrogens is 396 g/mol. The third-order valence-electron chi connectivity index (χ3n) is 4.77. The first-order valence-electron chi connectivity index (χ1n) is 8.89. The first-order valence-corrected chi connectivity index (χ1v) is 11.2. The van der Waals surface area contributed by atoms with E-state index >= 15 is 0 Å². The molecule has 4 rings (SSSR count). The molecule has 0 saturated carbocycles. The van der Waals surface area contributed by atoms with Crippen LogP contribution >= 0.6 is 11.3 Å². The number of aromatic nitrogens is 1. The van der Waals surface area contributed by atoms with Crippen LogP contribution in [0.4, 0.5) is 0 Å². The molecule has 2 aromatic heterocycles. The topological polar surface area (TPSA) is 91.6 Å². The summed E-state index contributed by atoms with van der Waals surface area (Å²) in [4.78, 5) is 6.87. The fourth-order valence-corrected chi connectivity index (χ4v) is 5.54. The van der Waals surface area contributed by atoms with E-state index in [2.05, 4.69) is 4.98 Å². The lowest BCUT2D eigenvalue weighted by Gasteiger charge is -2.31. The van der Waals surface area contributed by atoms with Gasteiger partial charge in [-0.3, -0.25) is 0 Å².